The molecule has 2 nitrogen and oxygen atoms in total. The Kier molecular flexibility index (Phi) is 4.47. The summed E-state index contributed by atoms with van der Waals surface area (Å²) in [6.07, 6.45) is 0. The van der Waals surface area contributed by atoms with Crippen LogP contribution in [0.4, 0.5) is 0 Å². The van der Waals surface area contributed by atoms with Crippen molar-refractivity contribution >= 4 is 25.9 Å². The summed E-state index contributed by atoms with van der Waals surface area (Å²) >= 11 is 1.73. The predicted molar refractivity (Wildman–Crippen MR) is 79.0 cm³/mol. The van der Waals surface area contributed by atoms with Crippen molar-refractivity contribution < 1.29 is 4.74 Å². The van der Waals surface area contributed by atoms with Crippen LogP contribution in [0.5, 0.6) is 5.75 Å². The van der Waals surface area contributed by atoms with E-state index in [1.54, 1.807) is 18.9 Å². The smallest absolute Gasteiger partial charge is 0.163 e. The second-order valence-electron chi connectivity index (χ2n) is 3.99. The SMILES string of the molecule is COc1cccc(Sc2ccc([Si](C)N)cc2)c1. The molecule has 2 rings (SSSR count). The number of hydrogen-bond donors (Lipinski definition) is 1. The molecule has 0 aromatic heterocycles. The van der Waals surface area contributed by atoms with E-state index in [9.17, 15) is 0 Å². The molecule has 93 valence electrons. The van der Waals surface area contributed by atoms with Crippen LogP contribution < -0.4 is 15.3 Å². The van der Waals surface area contributed by atoms with Crippen molar-refractivity contribution in [2.75, 3.05) is 7.11 Å². The van der Waals surface area contributed by atoms with Crippen LogP contribution in [0.25, 0.3) is 0 Å². The van der Waals surface area contributed by atoms with Crippen molar-refractivity contribution in [3.63, 3.8) is 0 Å². The Bertz CT molecular complexity index is 513. The highest BCUT2D eigenvalue weighted by Gasteiger charge is 2.03. The van der Waals surface area contributed by atoms with E-state index in [0.717, 1.165) is 5.75 Å². The fourth-order valence-electron chi connectivity index (χ4n) is 1.59. The van der Waals surface area contributed by atoms with Crippen LogP contribution >= 0.6 is 11.8 Å². The van der Waals surface area contributed by atoms with Gasteiger partial charge in [-0.25, -0.2) is 0 Å². The molecule has 2 N–H and O–H groups in total. The van der Waals surface area contributed by atoms with Gasteiger partial charge in [0.05, 0.1) is 7.11 Å². The van der Waals surface area contributed by atoms with E-state index in [2.05, 4.69) is 36.9 Å². The molecule has 0 atom stereocenters. The van der Waals surface area contributed by atoms with Crippen molar-refractivity contribution in [3.05, 3.63) is 48.5 Å². The highest BCUT2D eigenvalue weighted by molar-refractivity contribution is 7.99. The Morgan fingerprint density at radius 2 is 1.78 bits per heavy atom. The third kappa shape index (κ3) is 3.38. The Labute approximate surface area is 114 Å². The van der Waals surface area contributed by atoms with Crippen LogP contribution in [0, 0.1) is 0 Å². The first-order valence-corrected chi connectivity index (χ1v) is 8.60. The highest BCUT2D eigenvalue weighted by Crippen LogP contribution is 2.29. The molecule has 1 radical (unpaired) electrons. The molecule has 0 spiro atoms. The van der Waals surface area contributed by atoms with Crippen LogP contribution in [0.3, 0.4) is 0 Å². The minimum absolute atomic E-state index is 0.841. The first-order chi connectivity index (χ1) is 8.69. The lowest BCUT2D eigenvalue weighted by Crippen LogP contribution is -2.35. The van der Waals surface area contributed by atoms with Gasteiger partial charge >= 0.3 is 0 Å². The molecule has 0 aliphatic heterocycles. The molecule has 0 heterocycles. The van der Waals surface area contributed by atoms with Gasteiger partial charge in [0.15, 0.2) is 8.96 Å². The molecule has 0 fully saturated rings. The summed E-state index contributed by atoms with van der Waals surface area (Å²) in [6.45, 7) is 2.09. The first kappa shape index (κ1) is 13.2. The van der Waals surface area contributed by atoms with E-state index in [1.807, 2.05) is 18.2 Å². The summed E-state index contributed by atoms with van der Waals surface area (Å²) in [4.78, 5) is 2.40. The minimum Gasteiger partial charge on any atom is -0.497 e. The molecule has 0 saturated carbocycles. The van der Waals surface area contributed by atoms with Gasteiger partial charge in [0.2, 0.25) is 0 Å². The Balaban J connectivity index is 2.13. The van der Waals surface area contributed by atoms with Crippen LogP contribution in [0.1, 0.15) is 0 Å². The van der Waals surface area contributed by atoms with Crippen molar-refractivity contribution in [2.45, 2.75) is 16.3 Å². The fourth-order valence-corrected chi connectivity index (χ4v) is 3.15. The van der Waals surface area contributed by atoms with Gasteiger partial charge in [-0.1, -0.05) is 36.5 Å². The van der Waals surface area contributed by atoms with E-state index >= 15 is 0 Å². The molecule has 0 unspecified atom stereocenters. The van der Waals surface area contributed by atoms with E-state index in [0.29, 0.717) is 0 Å². The van der Waals surface area contributed by atoms with Gasteiger partial charge in [0.25, 0.3) is 0 Å². The van der Waals surface area contributed by atoms with Crippen LogP contribution in [-0.4, -0.2) is 16.1 Å². The van der Waals surface area contributed by atoms with E-state index in [-0.39, 0.29) is 0 Å². The first-order valence-electron chi connectivity index (χ1n) is 5.70. The topological polar surface area (TPSA) is 35.2 Å². The normalized spacial score (nSPS) is 10.7. The molecular formula is C14H16NOSSi. The average Bonchev–Trinajstić information content (AvgIpc) is 2.39. The zero-order valence-electron chi connectivity index (χ0n) is 10.5. The Hall–Kier alpha value is -1.23. The van der Waals surface area contributed by atoms with Gasteiger partial charge in [-0.3, -0.25) is 0 Å². The largest absolute Gasteiger partial charge is 0.497 e. The zero-order chi connectivity index (χ0) is 13.0. The summed E-state index contributed by atoms with van der Waals surface area (Å²) in [5, 5.41) is 7.19. The monoisotopic (exact) mass is 274 g/mol. The molecule has 0 aliphatic rings. The number of benzene rings is 2. The maximum Gasteiger partial charge on any atom is 0.163 e. The summed E-state index contributed by atoms with van der Waals surface area (Å²) in [6, 6.07) is 16.6. The summed E-state index contributed by atoms with van der Waals surface area (Å²) in [7, 11) is 0.845. The maximum absolute atomic E-state index is 5.93. The van der Waals surface area contributed by atoms with Gasteiger partial charge in [-0.05, 0) is 35.5 Å². The lowest BCUT2D eigenvalue weighted by molar-refractivity contribution is 0.413. The van der Waals surface area contributed by atoms with E-state index in [4.69, 9.17) is 10.1 Å². The molecule has 18 heavy (non-hydrogen) atoms. The molecular weight excluding hydrogens is 258 g/mol. The average molecular weight is 274 g/mol. The van der Waals surface area contributed by atoms with Gasteiger partial charge in [-0.15, -0.1) is 0 Å². The van der Waals surface area contributed by atoms with E-state index in [1.165, 1.54) is 15.0 Å². The molecule has 0 amide bonds. The van der Waals surface area contributed by atoms with Crippen molar-refractivity contribution in [2.24, 2.45) is 5.40 Å². The number of methoxy groups -OCH3 is 1. The Morgan fingerprint density at radius 1 is 1.06 bits per heavy atom. The zero-order valence-corrected chi connectivity index (χ0v) is 12.3. The molecule has 4 heteroatoms. The molecule has 0 aliphatic carbocycles. The fraction of sp³-hybridized carbons (Fsp3) is 0.143. The lowest BCUT2D eigenvalue weighted by Gasteiger charge is -2.06. The molecule has 0 bridgehead atoms. The van der Waals surface area contributed by atoms with Crippen molar-refractivity contribution in [3.8, 4) is 5.75 Å². The third-order valence-electron chi connectivity index (χ3n) is 2.59. The van der Waals surface area contributed by atoms with E-state index < -0.39 is 8.96 Å². The number of hydrogen-bond acceptors (Lipinski definition) is 3. The molecule has 2 aromatic carbocycles. The Morgan fingerprint density at radius 3 is 2.39 bits per heavy atom. The minimum atomic E-state index is -0.841. The second kappa shape index (κ2) is 6.09. The maximum atomic E-state index is 5.93. The summed E-state index contributed by atoms with van der Waals surface area (Å²) in [5.74, 6) is 0.887. The number of rotatable bonds is 4. The third-order valence-corrected chi connectivity index (χ3v) is 4.83. The number of ether oxygens (including phenoxy) is 1. The molecule has 0 saturated heterocycles. The summed E-state index contributed by atoms with van der Waals surface area (Å²) in [5.41, 5.74) is 0. The molecule has 2 aromatic rings. The lowest BCUT2D eigenvalue weighted by atomic mass is 10.3. The highest BCUT2D eigenvalue weighted by atomic mass is 32.2. The van der Waals surface area contributed by atoms with Crippen LogP contribution in [0.15, 0.2) is 58.3 Å². The van der Waals surface area contributed by atoms with Crippen LogP contribution in [0.2, 0.25) is 6.55 Å². The van der Waals surface area contributed by atoms with Gasteiger partial charge in [-0.2, -0.15) is 0 Å². The van der Waals surface area contributed by atoms with Gasteiger partial charge in [0, 0.05) is 9.79 Å². The van der Waals surface area contributed by atoms with Gasteiger partial charge in [0.1, 0.15) is 5.75 Å². The van der Waals surface area contributed by atoms with Crippen molar-refractivity contribution in [1.29, 1.82) is 0 Å². The predicted octanol–water partition coefficient (Wildman–Crippen LogP) is 2.63. The van der Waals surface area contributed by atoms with Crippen LogP contribution in [-0.2, 0) is 0 Å². The van der Waals surface area contributed by atoms with Gasteiger partial charge < -0.3 is 10.1 Å². The summed E-state index contributed by atoms with van der Waals surface area (Å²) < 4.78 is 5.22. The number of nitrogens with two attached hydrogens (primary N) is 1. The van der Waals surface area contributed by atoms with Crippen molar-refractivity contribution in [1.82, 2.24) is 0 Å². The quantitative estimate of drug-likeness (QED) is 0.871. The standard InChI is InChI=1S/C14H16NOSSi/c1-16-11-4-3-5-13(10-11)17-12-6-8-14(9-7-12)18(2)15/h3-10H,15H2,1-2H3. The second-order valence-corrected chi connectivity index (χ2v) is 7.08.